The standard InChI is InChI=1S/C22H23NO6/c1-3-29-17-10-6-15(7-11-17)20(25)18-19(14-4-8-16(24)9-5-14)23(12-13-28-2)22(27)21(18)26/h4-11,19,24-25H,3,12-13H2,1-2H3/t19-/m1/s1. The van der Waals surface area contributed by atoms with Crippen LogP contribution in [-0.2, 0) is 14.3 Å². The molecule has 0 unspecified atom stereocenters. The van der Waals surface area contributed by atoms with E-state index < -0.39 is 17.7 Å². The molecule has 1 amide bonds. The number of hydrogen-bond acceptors (Lipinski definition) is 6. The van der Waals surface area contributed by atoms with Gasteiger partial charge in [0.15, 0.2) is 0 Å². The van der Waals surface area contributed by atoms with Crippen LogP contribution in [0.25, 0.3) is 5.76 Å². The van der Waals surface area contributed by atoms with E-state index in [9.17, 15) is 19.8 Å². The molecule has 0 bridgehead atoms. The van der Waals surface area contributed by atoms with Crippen molar-refractivity contribution in [1.82, 2.24) is 4.90 Å². The van der Waals surface area contributed by atoms with Gasteiger partial charge in [-0.05, 0) is 48.9 Å². The van der Waals surface area contributed by atoms with Crippen molar-refractivity contribution in [2.45, 2.75) is 13.0 Å². The van der Waals surface area contributed by atoms with Crippen LogP contribution in [0.2, 0.25) is 0 Å². The van der Waals surface area contributed by atoms with Crippen LogP contribution in [0.5, 0.6) is 11.5 Å². The molecule has 3 rings (SSSR count). The number of aromatic hydroxyl groups is 1. The predicted octanol–water partition coefficient (Wildman–Crippen LogP) is 2.86. The summed E-state index contributed by atoms with van der Waals surface area (Å²) in [6.45, 7) is 2.81. The number of carbonyl (C=O) groups excluding carboxylic acids is 2. The van der Waals surface area contributed by atoms with E-state index in [-0.39, 0.29) is 30.2 Å². The molecule has 2 N–H and O–H groups in total. The van der Waals surface area contributed by atoms with Gasteiger partial charge in [0.25, 0.3) is 11.7 Å². The Hall–Kier alpha value is -3.32. The Morgan fingerprint density at radius 1 is 1.07 bits per heavy atom. The number of aliphatic hydroxyl groups excluding tert-OH is 1. The Balaban J connectivity index is 2.09. The number of ketones is 1. The van der Waals surface area contributed by atoms with Gasteiger partial charge in [0.05, 0.1) is 24.8 Å². The Labute approximate surface area is 168 Å². The van der Waals surface area contributed by atoms with E-state index in [1.807, 2.05) is 6.92 Å². The van der Waals surface area contributed by atoms with Crippen LogP contribution in [0.4, 0.5) is 0 Å². The highest BCUT2D eigenvalue weighted by Crippen LogP contribution is 2.39. The van der Waals surface area contributed by atoms with Crippen LogP contribution < -0.4 is 4.74 Å². The van der Waals surface area contributed by atoms with Gasteiger partial charge in [0, 0.05) is 19.2 Å². The first-order valence-corrected chi connectivity index (χ1v) is 9.27. The number of nitrogens with zero attached hydrogens (tertiary/aromatic N) is 1. The first kappa shape index (κ1) is 20.4. The fourth-order valence-corrected chi connectivity index (χ4v) is 3.33. The summed E-state index contributed by atoms with van der Waals surface area (Å²) in [6.07, 6.45) is 0. The maximum atomic E-state index is 12.8. The van der Waals surface area contributed by atoms with Crippen LogP contribution in [0.1, 0.15) is 24.1 Å². The van der Waals surface area contributed by atoms with Crippen LogP contribution >= 0.6 is 0 Å². The van der Waals surface area contributed by atoms with E-state index in [2.05, 4.69) is 0 Å². The maximum Gasteiger partial charge on any atom is 0.295 e. The van der Waals surface area contributed by atoms with Crippen LogP contribution in [0.15, 0.2) is 54.1 Å². The molecule has 2 aromatic rings. The molecule has 152 valence electrons. The molecule has 1 aliphatic heterocycles. The molecule has 1 aliphatic rings. The summed E-state index contributed by atoms with van der Waals surface area (Å²) in [6, 6.07) is 12.1. The van der Waals surface area contributed by atoms with Crippen molar-refractivity contribution in [3.63, 3.8) is 0 Å². The highest BCUT2D eigenvalue weighted by atomic mass is 16.5. The second-order valence-corrected chi connectivity index (χ2v) is 6.53. The second-order valence-electron chi connectivity index (χ2n) is 6.53. The predicted molar refractivity (Wildman–Crippen MR) is 107 cm³/mol. The first-order valence-electron chi connectivity index (χ1n) is 9.27. The van der Waals surface area contributed by atoms with Crippen molar-refractivity contribution in [2.24, 2.45) is 0 Å². The lowest BCUT2D eigenvalue weighted by Gasteiger charge is -2.25. The van der Waals surface area contributed by atoms with Gasteiger partial charge >= 0.3 is 0 Å². The molecular formula is C22H23NO6. The summed E-state index contributed by atoms with van der Waals surface area (Å²) in [4.78, 5) is 26.8. The number of hydrogen-bond donors (Lipinski definition) is 2. The van der Waals surface area contributed by atoms with Crippen LogP contribution in [0.3, 0.4) is 0 Å². The summed E-state index contributed by atoms with van der Waals surface area (Å²) in [5.74, 6) is -1.02. The zero-order chi connectivity index (χ0) is 21.0. The Bertz CT molecular complexity index is 917. The third-order valence-electron chi connectivity index (χ3n) is 4.72. The lowest BCUT2D eigenvalue weighted by atomic mass is 9.95. The SMILES string of the molecule is CCOc1ccc(C(O)=C2C(=O)C(=O)N(CCOC)[C@@H]2c2ccc(O)cc2)cc1. The molecule has 0 aliphatic carbocycles. The van der Waals surface area contributed by atoms with Crippen molar-refractivity contribution in [3.05, 3.63) is 65.2 Å². The van der Waals surface area contributed by atoms with E-state index in [0.717, 1.165) is 0 Å². The fraction of sp³-hybridized carbons (Fsp3) is 0.273. The molecule has 1 fully saturated rings. The number of aliphatic hydroxyl groups is 1. The number of phenolic OH excluding ortho intramolecular Hbond substituents is 1. The number of methoxy groups -OCH3 is 1. The normalized spacial score (nSPS) is 18.3. The van der Waals surface area contributed by atoms with Gasteiger partial charge < -0.3 is 24.6 Å². The highest BCUT2D eigenvalue weighted by molar-refractivity contribution is 6.46. The van der Waals surface area contributed by atoms with Gasteiger partial charge in [0.2, 0.25) is 0 Å². The van der Waals surface area contributed by atoms with Crippen molar-refractivity contribution in [3.8, 4) is 11.5 Å². The van der Waals surface area contributed by atoms with Crippen molar-refractivity contribution in [2.75, 3.05) is 26.9 Å². The van der Waals surface area contributed by atoms with Crippen LogP contribution in [0, 0.1) is 0 Å². The summed E-state index contributed by atoms with van der Waals surface area (Å²) >= 11 is 0. The molecule has 7 heteroatoms. The van der Waals surface area contributed by atoms with Gasteiger partial charge in [-0.2, -0.15) is 0 Å². The molecule has 1 atom stereocenters. The lowest BCUT2D eigenvalue weighted by Crippen LogP contribution is -2.32. The van der Waals surface area contributed by atoms with E-state index in [0.29, 0.717) is 23.5 Å². The number of phenols is 1. The van der Waals surface area contributed by atoms with Gasteiger partial charge in [-0.3, -0.25) is 9.59 Å². The quantitative estimate of drug-likeness (QED) is 0.424. The number of amides is 1. The van der Waals surface area contributed by atoms with Crippen molar-refractivity contribution in [1.29, 1.82) is 0 Å². The third kappa shape index (κ3) is 4.09. The molecular weight excluding hydrogens is 374 g/mol. The minimum absolute atomic E-state index is 0.000882. The van der Waals surface area contributed by atoms with Gasteiger partial charge in [-0.15, -0.1) is 0 Å². The van der Waals surface area contributed by atoms with E-state index in [1.165, 1.54) is 24.1 Å². The molecule has 0 spiro atoms. The molecule has 7 nitrogen and oxygen atoms in total. The Morgan fingerprint density at radius 2 is 1.72 bits per heavy atom. The zero-order valence-corrected chi connectivity index (χ0v) is 16.3. The Morgan fingerprint density at radius 3 is 2.31 bits per heavy atom. The molecule has 2 aromatic carbocycles. The minimum Gasteiger partial charge on any atom is -0.508 e. The molecule has 0 aromatic heterocycles. The minimum atomic E-state index is -0.780. The first-order chi connectivity index (χ1) is 14.0. The fourth-order valence-electron chi connectivity index (χ4n) is 3.33. The van der Waals surface area contributed by atoms with Crippen molar-refractivity contribution < 1.29 is 29.3 Å². The monoisotopic (exact) mass is 397 g/mol. The third-order valence-corrected chi connectivity index (χ3v) is 4.72. The summed E-state index contributed by atoms with van der Waals surface area (Å²) in [7, 11) is 1.51. The van der Waals surface area contributed by atoms with Crippen molar-refractivity contribution >= 4 is 17.4 Å². The number of carbonyl (C=O) groups is 2. The number of likely N-dealkylation sites (tertiary alicyclic amines) is 1. The van der Waals surface area contributed by atoms with Gasteiger partial charge in [0.1, 0.15) is 17.3 Å². The molecule has 1 heterocycles. The Kier molecular flexibility index (Phi) is 6.19. The largest absolute Gasteiger partial charge is 0.508 e. The summed E-state index contributed by atoms with van der Waals surface area (Å²) in [5.41, 5.74) is 1.01. The number of rotatable bonds is 7. The topological polar surface area (TPSA) is 96.3 Å². The second kappa shape index (κ2) is 8.79. The molecule has 29 heavy (non-hydrogen) atoms. The molecule has 0 radical (unpaired) electrons. The van der Waals surface area contributed by atoms with E-state index >= 15 is 0 Å². The van der Waals surface area contributed by atoms with Gasteiger partial charge in [-0.25, -0.2) is 0 Å². The highest BCUT2D eigenvalue weighted by Gasteiger charge is 2.45. The number of benzene rings is 2. The molecule has 0 saturated carbocycles. The zero-order valence-electron chi connectivity index (χ0n) is 16.3. The lowest BCUT2D eigenvalue weighted by molar-refractivity contribution is -0.140. The number of Topliss-reactive ketones (excluding diaryl/α,β-unsaturated/α-hetero) is 1. The average molecular weight is 397 g/mol. The average Bonchev–Trinajstić information content (AvgIpc) is 2.98. The number of ether oxygens (including phenoxy) is 2. The van der Waals surface area contributed by atoms with E-state index in [1.54, 1.807) is 36.4 Å². The summed E-state index contributed by atoms with van der Waals surface area (Å²) < 4.78 is 10.5. The van der Waals surface area contributed by atoms with Gasteiger partial charge in [-0.1, -0.05) is 12.1 Å². The summed E-state index contributed by atoms with van der Waals surface area (Å²) in [5, 5.41) is 20.5. The van der Waals surface area contributed by atoms with E-state index in [4.69, 9.17) is 9.47 Å². The smallest absolute Gasteiger partial charge is 0.295 e. The maximum absolute atomic E-state index is 12.8. The van der Waals surface area contributed by atoms with Crippen LogP contribution in [-0.4, -0.2) is 53.7 Å². The molecule has 1 saturated heterocycles.